The fourth-order valence-electron chi connectivity index (χ4n) is 1.45. The molecule has 78 valence electrons. The Balaban J connectivity index is 2.43. The van der Waals surface area contributed by atoms with E-state index in [9.17, 15) is 0 Å². The minimum absolute atomic E-state index is 0.481. The molecule has 0 spiro atoms. The average Bonchev–Trinajstić information content (AvgIpc) is 2.19. The SMILES string of the molecule is CCCCCC(Br)c1ccc(N)cc1. The standard InChI is InChI=1S/C12H18BrN/c1-2-3-4-5-12(13)10-6-8-11(14)9-7-10/h6-9,12H,2-5,14H2,1H3. The van der Waals surface area contributed by atoms with E-state index in [1.165, 1.54) is 31.2 Å². The number of benzene rings is 1. The number of halogens is 1. The second-order valence-corrected chi connectivity index (χ2v) is 4.74. The molecular weight excluding hydrogens is 238 g/mol. The van der Waals surface area contributed by atoms with E-state index in [0.29, 0.717) is 4.83 Å². The zero-order chi connectivity index (χ0) is 10.4. The van der Waals surface area contributed by atoms with Crippen LogP contribution < -0.4 is 5.73 Å². The van der Waals surface area contributed by atoms with Gasteiger partial charge in [-0.05, 0) is 24.1 Å². The Labute approximate surface area is 94.8 Å². The number of nitrogens with two attached hydrogens (primary N) is 1. The van der Waals surface area contributed by atoms with Gasteiger partial charge in [-0.15, -0.1) is 0 Å². The van der Waals surface area contributed by atoms with Gasteiger partial charge in [-0.25, -0.2) is 0 Å². The van der Waals surface area contributed by atoms with E-state index in [1.807, 2.05) is 12.1 Å². The number of hydrogen-bond acceptors (Lipinski definition) is 1. The van der Waals surface area contributed by atoms with Crippen molar-refractivity contribution in [3.8, 4) is 0 Å². The van der Waals surface area contributed by atoms with Crippen molar-refractivity contribution < 1.29 is 0 Å². The summed E-state index contributed by atoms with van der Waals surface area (Å²) in [6.45, 7) is 2.23. The smallest absolute Gasteiger partial charge is 0.0395 e. The van der Waals surface area contributed by atoms with Crippen LogP contribution in [-0.2, 0) is 0 Å². The van der Waals surface area contributed by atoms with Crippen LogP contribution in [0.1, 0.15) is 43.0 Å². The summed E-state index contributed by atoms with van der Waals surface area (Å²) in [6, 6.07) is 8.12. The van der Waals surface area contributed by atoms with Gasteiger partial charge in [0.05, 0.1) is 0 Å². The maximum absolute atomic E-state index is 5.63. The number of unbranched alkanes of at least 4 members (excludes halogenated alkanes) is 2. The number of alkyl halides is 1. The number of hydrogen-bond donors (Lipinski definition) is 1. The van der Waals surface area contributed by atoms with Crippen molar-refractivity contribution in [2.45, 2.75) is 37.4 Å². The van der Waals surface area contributed by atoms with Crippen LogP contribution in [0, 0.1) is 0 Å². The second-order valence-electron chi connectivity index (χ2n) is 3.63. The molecule has 2 N–H and O–H groups in total. The molecule has 1 atom stereocenters. The third kappa shape index (κ3) is 3.70. The van der Waals surface area contributed by atoms with Crippen molar-refractivity contribution in [1.82, 2.24) is 0 Å². The summed E-state index contributed by atoms with van der Waals surface area (Å²) < 4.78 is 0. The molecule has 0 aliphatic heterocycles. The molecule has 0 bridgehead atoms. The molecule has 0 aromatic heterocycles. The third-order valence-electron chi connectivity index (χ3n) is 2.36. The molecule has 0 aliphatic carbocycles. The summed E-state index contributed by atoms with van der Waals surface area (Å²) in [6.07, 6.45) is 5.09. The molecule has 1 nitrogen and oxygen atoms in total. The quantitative estimate of drug-likeness (QED) is 0.475. The van der Waals surface area contributed by atoms with Gasteiger partial charge in [0.15, 0.2) is 0 Å². The second kappa shape index (κ2) is 6.07. The van der Waals surface area contributed by atoms with Crippen LogP contribution in [0.3, 0.4) is 0 Å². The minimum Gasteiger partial charge on any atom is -0.399 e. The van der Waals surface area contributed by atoms with E-state index in [1.54, 1.807) is 0 Å². The fourth-order valence-corrected chi connectivity index (χ4v) is 2.07. The number of rotatable bonds is 5. The largest absolute Gasteiger partial charge is 0.399 e. The Morgan fingerprint density at radius 2 is 1.86 bits per heavy atom. The molecule has 0 saturated heterocycles. The molecule has 0 amide bonds. The van der Waals surface area contributed by atoms with E-state index >= 15 is 0 Å². The highest BCUT2D eigenvalue weighted by Crippen LogP contribution is 2.28. The highest BCUT2D eigenvalue weighted by atomic mass is 79.9. The van der Waals surface area contributed by atoms with Gasteiger partial charge < -0.3 is 5.73 Å². The Kier molecular flexibility index (Phi) is 5.02. The third-order valence-corrected chi connectivity index (χ3v) is 3.35. The lowest BCUT2D eigenvalue weighted by atomic mass is 10.1. The van der Waals surface area contributed by atoms with Crippen LogP contribution in [0.5, 0.6) is 0 Å². The Bertz CT molecular complexity index is 256. The van der Waals surface area contributed by atoms with Crippen LogP contribution in [0.25, 0.3) is 0 Å². The summed E-state index contributed by atoms with van der Waals surface area (Å²) in [4.78, 5) is 0.481. The highest BCUT2D eigenvalue weighted by molar-refractivity contribution is 9.09. The first-order valence-electron chi connectivity index (χ1n) is 5.23. The first kappa shape index (κ1) is 11.6. The molecule has 0 saturated carbocycles. The molecular formula is C12H18BrN. The molecule has 0 fully saturated rings. The highest BCUT2D eigenvalue weighted by Gasteiger charge is 2.05. The molecule has 0 radical (unpaired) electrons. The topological polar surface area (TPSA) is 26.0 Å². The Morgan fingerprint density at radius 1 is 1.21 bits per heavy atom. The summed E-state index contributed by atoms with van der Waals surface area (Å²) in [5.74, 6) is 0. The summed E-state index contributed by atoms with van der Waals surface area (Å²) >= 11 is 3.70. The summed E-state index contributed by atoms with van der Waals surface area (Å²) in [5.41, 5.74) is 7.80. The fraction of sp³-hybridized carbons (Fsp3) is 0.500. The average molecular weight is 256 g/mol. The van der Waals surface area contributed by atoms with Crippen LogP contribution in [0.2, 0.25) is 0 Å². The normalized spacial score (nSPS) is 12.7. The van der Waals surface area contributed by atoms with Crippen molar-refractivity contribution in [3.05, 3.63) is 29.8 Å². The number of nitrogen functional groups attached to an aromatic ring is 1. The van der Waals surface area contributed by atoms with Gasteiger partial charge in [-0.1, -0.05) is 54.2 Å². The van der Waals surface area contributed by atoms with Crippen LogP contribution in [0.4, 0.5) is 5.69 Å². The van der Waals surface area contributed by atoms with E-state index in [-0.39, 0.29) is 0 Å². The van der Waals surface area contributed by atoms with Gasteiger partial charge in [-0.2, -0.15) is 0 Å². The number of anilines is 1. The maximum Gasteiger partial charge on any atom is 0.0395 e. The van der Waals surface area contributed by atoms with E-state index < -0.39 is 0 Å². The Morgan fingerprint density at radius 3 is 2.43 bits per heavy atom. The van der Waals surface area contributed by atoms with Gasteiger partial charge in [-0.3, -0.25) is 0 Å². The molecule has 1 aromatic carbocycles. The van der Waals surface area contributed by atoms with Crippen LogP contribution >= 0.6 is 15.9 Å². The van der Waals surface area contributed by atoms with Gasteiger partial charge in [0.25, 0.3) is 0 Å². The van der Waals surface area contributed by atoms with Crippen LogP contribution in [-0.4, -0.2) is 0 Å². The van der Waals surface area contributed by atoms with Crippen molar-refractivity contribution in [1.29, 1.82) is 0 Å². The summed E-state index contributed by atoms with van der Waals surface area (Å²) in [7, 11) is 0. The molecule has 1 unspecified atom stereocenters. The van der Waals surface area contributed by atoms with E-state index in [4.69, 9.17) is 5.73 Å². The van der Waals surface area contributed by atoms with E-state index in [0.717, 1.165) is 5.69 Å². The molecule has 1 rings (SSSR count). The molecule has 0 heterocycles. The monoisotopic (exact) mass is 255 g/mol. The maximum atomic E-state index is 5.63. The van der Waals surface area contributed by atoms with Crippen molar-refractivity contribution >= 4 is 21.6 Å². The first-order chi connectivity index (χ1) is 6.74. The van der Waals surface area contributed by atoms with Gasteiger partial charge >= 0.3 is 0 Å². The molecule has 0 aliphatic rings. The molecule has 14 heavy (non-hydrogen) atoms. The van der Waals surface area contributed by atoms with Crippen molar-refractivity contribution in [2.75, 3.05) is 5.73 Å². The zero-order valence-corrected chi connectivity index (χ0v) is 10.3. The predicted molar refractivity (Wildman–Crippen MR) is 66.7 cm³/mol. The molecule has 2 heteroatoms. The predicted octanol–water partition coefficient (Wildman–Crippen LogP) is 4.29. The Hall–Kier alpha value is -0.500. The van der Waals surface area contributed by atoms with Crippen LogP contribution in [0.15, 0.2) is 24.3 Å². The lowest BCUT2D eigenvalue weighted by Crippen LogP contribution is -1.91. The first-order valence-corrected chi connectivity index (χ1v) is 6.15. The van der Waals surface area contributed by atoms with Crippen molar-refractivity contribution in [2.24, 2.45) is 0 Å². The minimum atomic E-state index is 0.481. The summed E-state index contributed by atoms with van der Waals surface area (Å²) in [5, 5.41) is 0. The van der Waals surface area contributed by atoms with Gasteiger partial charge in [0.2, 0.25) is 0 Å². The lowest BCUT2D eigenvalue weighted by molar-refractivity contribution is 0.664. The zero-order valence-electron chi connectivity index (χ0n) is 8.67. The van der Waals surface area contributed by atoms with Gasteiger partial charge in [0.1, 0.15) is 0 Å². The van der Waals surface area contributed by atoms with Gasteiger partial charge in [0, 0.05) is 10.5 Å². The van der Waals surface area contributed by atoms with Crippen molar-refractivity contribution in [3.63, 3.8) is 0 Å². The lowest BCUT2D eigenvalue weighted by Gasteiger charge is -2.09. The molecule has 1 aromatic rings. The van der Waals surface area contributed by atoms with E-state index in [2.05, 4.69) is 35.0 Å².